The average Bonchev–Trinajstić information content (AvgIpc) is 2.62. The third-order valence-electron chi connectivity index (χ3n) is 5.46. The smallest absolute Gasteiger partial charge is 0.0573 e. The molecule has 1 N–H and O–H groups in total. The van der Waals surface area contributed by atoms with Crippen LogP contribution in [0.1, 0.15) is 57.4 Å². The number of hydrogen-bond donors (Lipinski definition) is 1. The van der Waals surface area contributed by atoms with Crippen molar-refractivity contribution in [3.63, 3.8) is 0 Å². The molecule has 0 bridgehead atoms. The molecule has 26 heavy (non-hydrogen) atoms. The van der Waals surface area contributed by atoms with Crippen LogP contribution < -0.4 is 5.32 Å². The Kier molecular flexibility index (Phi) is 7.98. The molecule has 1 aromatic rings. The summed E-state index contributed by atoms with van der Waals surface area (Å²) in [6.07, 6.45) is 6.30. The fraction of sp³-hybridized carbons (Fsp3) is 0.636. The molecule has 0 saturated carbocycles. The lowest BCUT2D eigenvalue weighted by Gasteiger charge is -2.35. The van der Waals surface area contributed by atoms with E-state index in [1.54, 1.807) is 0 Å². The lowest BCUT2D eigenvalue weighted by atomic mass is 10.00. The van der Waals surface area contributed by atoms with Gasteiger partial charge in [0.05, 0.1) is 11.4 Å². The number of pyridine rings is 1. The molecule has 0 amide bonds. The van der Waals surface area contributed by atoms with Crippen LogP contribution in [0.5, 0.6) is 0 Å². The van der Waals surface area contributed by atoms with Gasteiger partial charge in [-0.15, -0.1) is 0 Å². The predicted octanol–water partition coefficient (Wildman–Crippen LogP) is 4.27. The molecule has 1 saturated heterocycles. The first-order valence-corrected chi connectivity index (χ1v) is 9.97. The first kappa shape index (κ1) is 20.8. The van der Waals surface area contributed by atoms with E-state index in [1.165, 1.54) is 40.9 Å². The molecular formula is C22H36N4. The number of aliphatic imine (C=N–C) groups is 1. The van der Waals surface area contributed by atoms with Gasteiger partial charge in [-0.25, -0.2) is 0 Å². The van der Waals surface area contributed by atoms with Crippen LogP contribution in [-0.4, -0.2) is 41.8 Å². The quantitative estimate of drug-likeness (QED) is 0.742. The lowest BCUT2D eigenvalue weighted by Crippen LogP contribution is -2.43. The van der Waals surface area contributed by atoms with Gasteiger partial charge in [0.15, 0.2) is 0 Å². The van der Waals surface area contributed by atoms with Crippen molar-refractivity contribution in [1.82, 2.24) is 15.2 Å². The van der Waals surface area contributed by atoms with E-state index in [1.807, 2.05) is 19.3 Å². The van der Waals surface area contributed by atoms with E-state index < -0.39 is 0 Å². The van der Waals surface area contributed by atoms with Crippen molar-refractivity contribution in [3.05, 3.63) is 40.4 Å². The zero-order valence-corrected chi connectivity index (χ0v) is 17.5. The molecule has 0 spiro atoms. The van der Waals surface area contributed by atoms with Crippen molar-refractivity contribution in [2.75, 3.05) is 19.6 Å². The number of aromatic nitrogens is 1. The molecular weight excluding hydrogens is 320 g/mol. The van der Waals surface area contributed by atoms with E-state index in [-0.39, 0.29) is 0 Å². The number of rotatable bonds is 7. The second-order valence-corrected chi connectivity index (χ2v) is 7.83. The van der Waals surface area contributed by atoms with Gasteiger partial charge in [-0.05, 0) is 76.2 Å². The minimum atomic E-state index is 0.516. The van der Waals surface area contributed by atoms with Crippen molar-refractivity contribution < 1.29 is 0 Å². The van der Waals surface area contributed by atoms with Crippen LogP contribution in [0.15, 0.2) is 28.5 Å². The minimum absolute atomic E-state index is 0.516. The summed E-state index contributed by atoms with van der Waals surface area (Å²) in [4.78, 5) is 12.1. The third kappa shape index (κ3) is 5.75. The maximum Gasteiger partial charge on any atom is 0.0573 e. The van der Waals surface area contributed by atoms with Gasteiger partial charge in [0, 0.05) is 31.5 Å². The van der Waals surface area contributed by atoms with E-state index in [0.717, 1.165) is 26.2 Å². The average molecular weight is 357 g/mol. The summed E-state index contributed by atoms with van der Waals surface area (Å²) in [7, 11) is 0. The van der Waals surface area contributed by atoms with Crippen molar-refractivity contribution >= 4 is 6.21 Å². The van der Waals surface area contributed by atoms with E-state index in [0.29, 0.717) is 12.0 Å². The SMILES string of the molecule is C/C=N\C(CN(Cc1ncc(C)cc1C)C1CCNCC1)=C(/C)C(C)C. The second kappa shape index (κ2) is 9.98. The summed E-state index contributed by atoms with van der Waals surface area (Å²) in [6.45, 7) is 17.0. The maximum atomic E-state index is 4.74. The summed E-state index contributed by atoms with van der Waals surface area (Å²) >= 11 is 0. The fourth-order valence-electron chi connectivity index (χ4n) is 3.54. The van der Waals surface area contributed by atoms with Crippen LogP contribution in [0.3, 0.4) is 0 Å². The minimum Gasteiger partial charge on any atom is -0.317 e. The van der Waals surface area contributed by atoms with Crippen molar-refractivity contribution in [3.8, 4) is 0 Å². The van der Waals surface area contributed by atoms with Crippen LogP contribution in [0.25, 0.3) is 0 Å². The fourth-order valence-corrected chi connectivity index (χ4v) is 3.54. The van der Waals surface area contributed by atoms with E-state index >= 15 is 0 Å². The van der Waals surface area contributed by atoms with Gasteiger partial charge in [-0.3, -0.25) is 14.9 Å². The Morgan fingerprint density at radius 1 is 1.35 bits per heavy atom. The van der Waals surface area contributed by atoms with Crippen LogP contribution >= 0.6 is 0 Å². The van der Waals surface area contributed by atoms with E-state index in [4.69, 9.17) is 9.98 Å². The van der Waals surface area contributed by atoms with Gasteiger partial charge in [0.1, 0.15) is 0 Å². The van der Waals surface area contributed by atoms with Gasteiger partial charge >= 0.3 is 0 Å². The van der Waals surface area contributed by atoms with E-state index in [9.17, 15) is 0 Å². The second-order valence-electron chi connectivity index (χ2n) is 7.83. The van der Waals surface area contributed by atoms with Crippen molar-refractivity contribution in [1.29, 1.82) is 0 Å². The first-order chi connectivity index (χ1) is 12.4. The van der Waals surface area contributed by atoms with Gasteiger partial charge in [-0.2, -0.15) is 0 Å². The Morgan fingerprint density at radius 2 is 2.04 bits per heavy atom. The highest BCUT2D eigenvalue weighted by Crippen LogP contribution is 2.22. The van der Waals surface area contributed by atoms with E-state index in [2.05, 4.69) is 50.9 Å². The zero-order valence-electron chi connectivity index (χ0n) is 17.5. The number of aryl methyl sites for hydroxylation is 2. The third-order valence-corrected chi connectivity index (χ3v) is 5.46. The zero-order chi connectivity index (χ0) is 19.1. The largest absolute Gasteiger partial charge is 0.317 e. The molecule has 1 aromatic heterocycles. The van der Waals surface area contributed by atoms with Gasteiger partial charge in [0.2, 0.25) is 0 Å². The Balaban J connectivity index is 2.29. The molecule has 0 radical (unpaired) electrons. The number of hydrogen-bond acceptors (Lipinski definition) is 4. The molecule has 1 aliphatic rings. The molecule has 0 unspecified atom stereocenters. The molecule has 0 aromatic carbocycles. The first-order valence-electron chi connectivity index (χ1n) is 9.97. The van der Waals surface area contributed by atoms with Gasteiger partial charge < -0.3 is 5.32 Å². The molecule has 0 atom stereocenters. The summed E-state index contributed by atoms with van der Waals surface area (Å²) in [5.41, 5.74) is 6.30. The standard InChI is InChI=1S/C22H36N4/c1-7-24-22(19(6)16(2)3)15-26(20-8-10-23-11-9-20)14-21-18(5)12-17(4)13-25-21/h7,12-13,16,20,23H,8-11,14-15H2,1-6H3/b22-19+,24-7-. The Labute approximate surface area is 159 Å². The highest BCUT2D eigenvalue weighted by molar-refractivity contribution is 5.55. The summed E-state index contributed by atoms with van der Waals surface area (Å²) in [5, 5.41) is 3.49. The molecule has 0 aliphatic carbocycles. The summed E-state index contributed by atoms with van der Waals surface area (Å²) in [6, 6.07) is 2.82. The molecule has 2 rings (SSSR count). The maximum absolute atomic E-state index is 4.74. The van der Waals surface area contributed by atoms with Crippen molar-refractivity contribution in [2.24, 2.45) is 10.9 Å². The number of nitrogens with one attached hydrogen (secondary N) is 1. The topological polar surface area (TPSA) is 40.5 Å². The molecule has 4 nitrogen and oxygen atoms in total. The number of nitrogens with zero attached hydrogens (tertiary/aromatic N) is 3. The van der Waals surface area contributed by atoms with Crippen LogP contribution in [0.2, 0.25) is 0 Å². The van der Waals surface area contributed by atoms with Gasteiger partial charge in [-0.1, -0.05) is 19.9 Å². The predicted molar refractivity (Wildman–Crippen MR) is 112 cm³/mol. The van der Waals surface area contributed by atoms with Crippen LogP contribution in [0, 0.1) is 19.8 Å². The van der Waals surface area contributed by atoms with Gasteiger partial charge in [0.25, 0.3) is 0 Å². The monoisotopic (exact) mass is 356 g/mol. The molecule has 2 heterocycles. The molecule has 1 fully saturated rings. The highest BCUT2D eigenvalue weighted by Gasteiger charge is 2.23. The Morgan fingerprint density at radius 3 is 2.62 bits per heavy atom. The Bertz CT molecular complexity index is 640. The molecule has 4 heteroatoms. The van der Waals surface area contributed by atoms with Crippen molar-refractivity contribution in [2.45, 2.75) is 67.0 Å². The number of allylic oxidation sites excluding steroid dienone is 1. The lowest BCUT2D eigenvalue weighted by molar-refractivity contribution is 0.164. The number of piperidine rings is 1. The molecule has 144 valence electrons. The highest BCUT2D eigenvalue weighted by atomic mass is 15.2. The Hall–Kier alpha value is -1.52. The normalized spacial score (nSPS) is 17.4. The summed E-state index contributed by atoms with van der Waals surface area (Å²) < 4.78 is 0. The van der Waals surface area contributed by atoms with Crippen LogP contribution in [0.4, 0.5) is 0 Å². The molecule has 1 aliphatic heterocycles. The van der Waals surface area contributed by atoms with Crippen LogP contribution in [-0.2, 0) is 6.54 Å². The summed E-state index contributed by atoms with van der Waals surface area (Å²) in [5.74, 6) is 0.516.